The summed E-state index contributed by atoms with van der Waals surface area (Å²) >= 11 is 2.25. The molecule has 0 atom stereocenters. The Morgan fingerprint density at radius 3 is 2.94 bits per heavy atom. The average molecular weight is 341 g/mol. The van der Waals surface area contributed by atoms with Crippen molar-refractivity contribution in [2.24, 2.45) is 5.84 Å². The highest BCUT2D eigenvalue weighted by Crippen LogP contribution is 2.18. The van der Waals surface area contributed by atoms with Gasteiger partial charge in [0.15, 0.2) is 0 Å². The smallest absolute Gasteiger partial charge is 0.146 e. The first kappa shape index (κ1) is 12.1. The highest BCUT2D eigenvalue weighted by Gasteiger charge is 2.02. The number of benzene rings is 1. The van der Waals surface area contributed by atoms with Gasteiger partial charge < -0.3 is 10.2 Å². The second-order valence-corrected chi connectivity index (χ2v) is 4.65. The number of nitrogens with two attached hydrogens (primary N) is 1. The maximum absolute atomic E-state index is 5.68. The summed E-state index contributed by atoms with van der Waals surface area (Å²) in [6, 6.07) is 11.7. The lowest BCUT2D eigenvalue weighted by Gasteiger charge is -2.09. The summed E-state index contributed by atoms with van der Waals surface area (Å²) in [5, 5.41) is 0. The zero-order valence-electron chi connectivity index (χ0n) is 9.06. The van der Waals surface area contributed by atoms with E-state index < -0.39 is 0 Å². The van der Waals surface area contributed by atoms with E-state index in [0.29, 0.717) is 12.4 Å². The van der Waals surface area contributed by atoms with Gasteiger partial charge in [-0.15, -0.1) is 0 Å². The number of hydrogen-bond donors (Lipinski definition) is 2. The predicted octanol–water partition coefficient (Wildman–Crippen LogP) is 2.55. The van der Waals surface area contributed by atoms with Crippen molar-refractivity contribution < 1.29 is 4.74 Å². The SMILES string of the molecule is NNc1ncccc1COc1cccc(I)c1. The molecule has 1 heterocycles. The molecule has 1 aromatic heterocycles. The number of nitrogens with one attached hydrogen (secondary N) is 1. The number of rotatable bonds is 4. The van der Waals surface area contributed by atoms with Crippen molar-refractivity contribution in [2.45, 2.75) is 6.61 Å². The molecule has 5 heteroatoms. The summed E-state index contributed by atoms with van der Waals surface area (Å²) in [5.74, 6) is 6.85. The summed E-state index contributed by atoms with van der Waals surface area (Å²) in [4.78, 5) is 4.11. The fourth-order valence-electron chi connectivity index (χ4n) is 1.40. The summed E-state index contributed by atoms with van der Waals surface area (Å²) < 4.78 is 6.82. The molecule has 0 unspecified atom stereocenters. The molecule has 0 fully saturated rings. The largest absolute Gasteiger partial charge is 0.489 e. The lowest BCUT2D eigenvalue weighted by molar-refractivity contribution is 0.306. The molecule has 0 amide bonds. The number of hydrogen-bond acceptors (Lipinski definition) is 4. The first-order chi connectivity index (χ1) is 8.29. The number of halogens is 1. The third kappa shape index (κ3) is 3.31. The van der Waals surface area contributed by atoms with E-state index in [4.69, 9.17) is 10.6 Å². The number of anilines is 1. The van der Waals surface area contributed by atoms with Crippen LogP contribution in [0.3, 0.4) is 0 Å². The van der Waals surface area contributed by atoms with E-state index in [9.17, 15) is 0 Å². The lowest BCUT2D eigenvalue weighted by Crippen LogP contribution is -2.12. The minimum Gasteiger partial charge on any atom is -0.489 e. The Kier molecular flexibility index (Phi) is 4.16. The molecule has 0 saturated carbocycles. The van der Waals surface area contributed by atoms with E-state index in [1.54, 1.807) is 6.20 Å². The van der Waals surface area contributed by atoms with Gasteiger partial charge in [-0.2, -0.15) is 0 Å². The molecule has 2 aromatic rings. The second-order valence-electron chi connectivity index (χ2n) is 3.40. The standard InChI is InChI=1S/C12H12IN3O/c13-10-4-1-5-11(7-10)17-8-9-3-2-6-15-12(9)16-14/h1-7H,8,14H2,(H,15,16). The Bertz CT molecular complexity index is 505. The number of nitrogens with zero attached hydrogens (tertiary/aromatic N) is 1. The molecule has 0 bridgehead atoms. The first-order valence-corrected chi connectivity index (χ1v) is 6.16. The Hall–Kier alpha value is -1.34. The van der Waals surface area contributed by atoms with E-state index in [-0.39, 0.29) is 0 Å². The molecular weight excluding hydrogens is 329 g/mol. The summed E-state index contributed by atoms with van der Waals surface area (Å²) in [7, 11) is 0. The van der Waals surface area contributed by atoms with Crippen LogP contribution >= 0.6 is 22.6 Å². The number of hydrazine groups is 1. The van der Waals surface area contributed by atoms with Crippen LogP contribution in [0.15, 0.2) is 42.6 Å². The summed E-state index contributed by atoms with van der Waals surface area (Å²) in [5.41, 5.74) is 3.48. The van der Waals surface area contributed by atoms with E-state index in [1.165, 1.54) is 0 Å². The van der Waals surface area contributed by atoms with E-state index in [2.05, 4.69) is 33.0 Å². The molecule has 2 rings (SSSR count). The molecule has 0 spiro atoms. The van der Waals surface area contributed by atoms with Gasteiger partial charge in [0, 0.05) is 15.3 Å². The van der Waals surface area contributed by atoms with Gasteiger partial charge in [-0.25, -0.2) is 10.8 Å². The van der Waals surface area contributed by atoms with Gasteiger partial charge in [0.1, 0.15) is 18.2 Å². The maximum Gasteiger partial charge on any atom is 0.146 e. The molecule has 0 aliphatic carbocycles. The van der Waals surface area contributed by atoms with Gasteiger partial charge in [0.05, 0.1) is 0 Å². The molecule has 4 nitrogen and oxygen atoms in total. The normalized spacial score (nSPS) is 10.0. The Labute approximate surface area is 113 Å². The molecule has 0 saturated heterocycles. The molecule has 17 heavy (non-hydrogen) atoms. The maximum atomic E-state index is 5.68. The molecule has 3 N–H and O–H groups in total. The molecule has 0 radical (unpaired) electrons. The Morgan fingerprint density at radius 2 is 2.18 bits per heavy atom. The van der Waals surface area contributed by atoms with Gasteiger partial charge >= 0.3 is 0 Å². The van der Waals surface area contributed by atoms with Gasteiger partial charge in [0.2, 0.25) is 0 Å². The minimum atomic E-state index is 0.438. The quantitative estimate of drug-likeness (QED) is 0.510. The topological polar surface area (TPSA) is 60.2 Å². The fraction of sp³-hybridized carbons (Fsp3) is 0.0833. The second kappa shape index (κ2) is 5.83. The van der Waals surface area contributed by atoms with Gasteiger partial charge in [-0.05, 0) is 46.9 Å². The highest BCUT2D eigenvalue weighted by molar-refractivity contribution is 14.1. The fourth-order valence-corrected chi connectivity index (χ4v) is 1.92. The van der Waals surface area contributed by atoms with Crippen molar-refractivity contribution in [1.29, 1.82) is 0 Å². The summed E-state index contributed by atoms with van der Waals surface area (Å²) in [6.07, 6.45) is 1.68. The van der Waals surface area contributed by atoms with Crippen molar-refractivity contribution in [3.63, 3.8) is 0 Å². The van der Waals surface area contributed by atoms with E-state index >= 15 is 0 Å². The zero-order valence-corrected chi connectivity index (χ0v) is 11.2. The molecule has 1 aromatic carbocycles. The van der Waals surface area contributed by atoms with Gasteiger partial charge in [-0.1, -0.05) is 12.1 Å². The van der Waals surface area contributed by atoms with E-state index in [1.807, 2.05) is 36.4 Å². The third-order valence-corrected chi connectivity index (χ3v) is 2.89. The van der Waals surface area contributed by atoms with Crippen molar-refractivity contribution >= 4 is 28.4 Å². The first-order valence-electron chi connectivity index (χ1n) is 5.08. The number of aromatic nitrogens is 1. The van der Waals surface area contributed by atoms with E-state index in [0.717, 1.165) is 14.9 Å². The number of pyridine rings is 1. The number of nitrogen functional groups attached to an aromatic ring is 1. The third-order valence-electron chi connectivity index (χ3n) is 2.22. The van der Waals surface area contributed by atoms with Crippen LogP contribution in [0.1, 0.15) is 5.56 Å². The van der Waals surface area contributed by atoms with Crippen LogP contribution in [0.25, 0.3) is 0 Å². The lowest BCUT2D eigenvalue weighted by atomic mass is 10.2. The minimum absolute atomic E-state index is 0.438. The van der Waals surface area contributed by atoms with Crippen LogP contribution in [0.5, 0.6) is 5.75 Å². The molecule has 0 aliphatic rings. The molecular formula is C12H12IN3O. The van der Waals surface area contributed by atoms with Crippen molar-refractivity contribution in [1.82, 2.24) is 4.98 Å². The van der Waals surface area contributed by atoms with Crippen molar-refractivity contribution in [2.75, 3.05) is 5.43 Å². The van der Waals surface area contributed by atoms with Crippen LogP contribution in [0, 0.1) is 3.57 Å². The van der Waals surface area contributed by atoms with Crippen LogP contribution in [-0.4, -0.2) is 4.98 Å². The van der Waals surface area contributed by atoms with Crippen LogP contribution in [-0.2, 0) is 6.61 Å². The summed E-state index contributed by atoms with van der Waals surface area (Å²) in [6.45, 7) is 0.438. The van der Waals surface area contributed by atoms with Gasteiger partial charge in [0.25, 0.3) is 0 Å². The molecule has 0 aliphatic heterocycles. The van der Waals surface area contributed by atoms with Crippen LogP contribution < -0.4 is 16.0 Å². The molecule has 88 valence electrons. The monoisotopic (exact) mass is 341 g/mol. The highest BCUT2D eigenvalue weighted by atomic mass is 127. The van der Waals surface area contributed by atoms with Crippen molar-refractivity contribution in [3.05, 3.63) is 51.7 Å². The number of ether oxygens (including phenoxy) is 1. The zero-order chi connectivity index (χ0) is 12.1. The Morgan fingerprint density at radius 1 is 1.29 bits per heavy atom. The predicted molar refractivity (Wildman–Crippen MR) is 75.5 cm³/mol. The Balaban J connectivity index is 2.07. The average Bonchev–Trinajstić information content (AvgIpc) is 2.37. The van der Waals surface area contributed by atoms with Crippen LogP contribution in [0.4, 0.5) is 5.82 Å². The van der Waals surface area contributed by atoms with Gasteiger partial charge in [-0.3, -0.25) is 0 Å². The van der Waals surface area contributed by atoms with Crippen molar-refractivity contribution in [3.8, 4) is 5.75 Å². The van der Waals surface area contributed by atoms with Crippen LogP contribution in [0.2, 0.25) is 0 Å².